The van der Waals surface area contributed by atoms with E-state index in [1.165, 1.54) is 6.07 Å². The second-order valence-electron chi connectivity index (χ2n) is 9.57. The van der Waals surface area contributed by atoms with Crippen LogP contribution >= 0.6 is 0 Å². The molecule has 33 heavy (non-hydrogen) atoms. The van der Waals surface area contributed by atoms with Crippen LogP contribution in [0.2, 0.25) is 0 Å². The molecule has 0 saturated heterocycles. The summed E-state index contributed by atoms with van der Waals surface area (Å²) in [6.45, 7) is 16.7. The molecule has 1 atom stereocenters. The summed E-state index contributed by atoms with van der Waals surface area (Å²) < 4.78 is 14.9. The average molecular weight is 452 g/mol. The van der Waals surface area contributed by atoms with E-state index in [0.717, 1.165) is 37.0 Å². The lowest BCUT2D eigenvalue weighted by molar-refractivity contribution is 0.275. The fourth-order valence-corrected chi connectivity index (χ4v) is 4.07. The molecule has 0 bridgehead atoms. The minimum absolute atomic E-state index is 0.0255. The number of nitrogens with one attached hydrogen (secondary N) is 1. The highest BCUT2D eigenvalue weighted by molar-refractivity contribution is 6.09. The summed E-state index contributed by atoms with van der Waals surface area (Å²) in [4.78, 5) is 2.24. The van der Waals surface area contributed by atoms with Crippen LogP contribution in [-0.2, 0) is 0 Å². The number of amidine groups is 1. The zero-order chi connectivity index (χ0) is 25.2. The van der Waals surface area contributed by atoms with Crippen molar-refractivity contribution in [2.24, 2.45) is 11.1 Å². The van der Waals surface area contributed by atoms with Crippen LogP contribution in [0.1, 0.15) is 79.2 Å². The normalized spacial score (nSPS) is 13.5. The second kappa shape index (κ2) is 13.0. The van der Waals surface area contributed by atoms with Gasteiger partial charge in [-0.3, -0.25) is 5.41 Å². The SMILES string of the molecule is C=C(C(=N)N)/C(=C(/CC)N(C)C(CCCC)C/C(C#CC)=C/C(C)(C)C)c1ccccc1F. The molecule has 0 aliphatic carbocycles. The molecule has 1 rings (SSSR count). The van der Waals surface area contributed by atoms with Gasteiger partial charge in [-0.05, 0) is 31.2 Å². The van der Waals surface area contributed by atoms with Crippen LogP contribution in [0.4, 0.5) is 4.39 Å². The quantitative estimate of drug-likeness (QED) is 0.160. The Balaban J connectivity index is 3.67. The van der Waals surface area contributed by atoms with Gasteiger partial charge in [0.15, 0.2) is 0 Å². The van der Waals surface area contributed by atoms with Crippen molar-refractivity contribution in [3.05, 3.63) is 65.1 Å². The van der Waals surface area contributed by atoms with E-state index in [1.54, 1.807) is 18.2 Å². The summed E-state index contributed by atoms with van der Waals surface area (Å²) in [7, 11) is 2.06. The van der Waals surface area contributed by atoms with Gasteiger partial charge in [-0.1, -0.05) is 84.2 Å². The van der Waals surface area contributed by atoms with E-state index in [0.29, 0.717) is 23.1 Å². The second-order valence-corrected chi connectivity index (χ2v) is 9.57. The summed E-state index contributed by atoms with van der Waals surface area (Å²) in [6.07, 6.45) is 6.87. The van der Waals surface area contributed by atoms with E-state index in [1.807, 2.05) is 6.92 Å². The highest BCUT2D eigenvalue weighted by Crippen LogP contribution is 2.33. The van der Waals surface area contributed by atoms with Crippen LogP contribution in [0.25, 0.3) is 5.57 Å². The van der Waals surface area contributed by atoms with Crippen molar-refractivity contribution < 1.29 is 4.39 Å². The number of hydrogen-bond acceptors (Lipinski definition) is 2. The van der Waals surface area contributed by atoms with E-state index in [9.17, 15) is 4.39 Å². The van der Waals surface area contributed by atoms with Crippen LogP contribution in [0.5, 0.6) is 0 Å². The first-order chi connectivity index (χ1) is 15.5. The predicted molar refractivity (Wildman–Crippen MR) is 141 cm³/mol. The summed E-state index contributed by atoms with van der Waals surface area (Å²) >= 11 is 0. The number of allylic oxidation sites excluding steroid dienone is 2. The summed E-state index contributed by atoms with van der Waals surface area (Å²) in [6, 6.07) is 6.81. The average Bonchev–Trinajstić information content (AvgIpc) is 2.73. The molecule has 0 radical (unpaired) electrons. The Morgan fingerprint density at radius 1 is 1.27 bits per heavy atom. The first kappa shape index (κ1) is 28.2. The van der Waals surface area contributed by atoms with Gasteiger partial charge in [0.1, 0.15) is 11.7 Å². The Morgan fingerprint density at radius 2 is 1.91 bits per heavy atom. The third-order valence-electron chi connectivity index (χ3n) is 5.61. The number of unbranched alkanes of at least 4 members (excludes halogenated alkanes) is 1. The molecule has 0 aromatic heterocycles. The van der Waals surface area contributed by atoms with Crippen molar-refractivity contribution in [2.45, 2.75) is 79.7 Å². The van der Waals surface area contributed by atoms with E-state index in [4.69, 9.17) is 11.1 Å². The van der Waals surface area contributed by atoms with Crippen molar-refractivity contribution in [3.63, 3.8) is 0 Å². The van der Waals surface area contributed by atoms with Gasteiger partial charge in [-0.25, -0.2) is 4.39 Å². The van der Waals surface area contributed by atoms with E-state index in [-0.39, 0.29) is 23.1 Å². The lowest BCUT2D eigenvalue weighted by Crippen LogP contribution is -2.33. The highest BCUT2D eigenvalue weighted by Gasteiger charge is 2.24. The number of benzene rings is 1. The summed E-state index contributed by atoms with van der Waals surface area (Å²) in [5, 5.41) is 8.02. The zero-order valence-corrected chi connectivity index (χ0v) is 21.6. The Labute approximate surface area is 201 Å². The molecular formula is C29H42FN3. The maximum Gasteiger partial charge on any atom is 0.131 e. The largest absolute Gasteiger partial charge is 0.384 e. The minimum atomic E-state index is -0.343. The van der Waals surface area contributed by atoms with Crippen molar-refractivity contribution in [1.82, 2.24) is 4.90 Å². The van der Waals surface area contributed by atoms with E-state index < -0.39 is 0 Å². The van der Waals surface area contributed by atoms with Crippen molar-refractivity contribution in [1.29, 1.82) is 5.41 Å². The molecule has 1 aromatic carbocycles. The fourth-order valence-electron chi connectivity index (χ4n) is 4.07. The Bertz CT molecular complexity index is 951. The van der Waals surface area contributed by atoms with Gasteiger partial charge in [0.25, 0.3) is 0 Å². The molecule has 3 N–H and O–H groups in total. The van der Waals surface area contributed by atoms with Gasteiger partial charge in [0, 0.05) is 47.5 Å². The Kier molecular flexibility index (Phi) is 11.2. The van der Waals surface area contributed by atoms with Crippen LogP contribution < -0.4 is 5.73 Å². The summed E-state index contributed by atoms with van der Waals surface area (Å²) in [5.74, 6) is 5.88. The third kappa shape index (κ3) is 8.57. The Morgan fingerprint density at radius 3 is 2.39 bits per heavy atom. The van der Waals surface area contributed by atoms with Gasteiger partial charge >= 0.3 is 0 Å². The van der Waals surface area contributed by atoms with E-state index >= 15 is 0 Å². The fraction of sp³-hybridized carbons (Fsp3) is 0.483. The number of hydrogen-bond donors (Lipinski definition) is 2. The molecule has 0 aliphatic heterocycles. The first-order valence-corrected chi connectivity index (χ1v) is 11.9. The number of halogens is 1. The molecule has 0 fully saturated rings. The van der Waals surface area contributed by atoms with Gasteiger partial charge in [-0.15, -0.1) is 5.92 Å². The highest BCUT2D eigenvalue weighted by atomic mass is 19.1. The molecule has 180 valence electrons. The minimum Gasteiger partial charge on any atom is -0.384 e. The molecule has 0 spiro atoms. The molecule has 0 saturated carbocycles. The number of nitrogens with zero attached hydrogens (tertiary/aromatic N) is 1. The molecule has 1 unspecified atom stereocenters. The van der Waals surface area contributed by atoms with Crippen molar-refractivity contribution in [3.8, 4) is 11.8 Å². The van der Waals surface area contributed by atoms with Crippen molar-refractivity contribution >= 4 is 11.4 Å². The molecule has 1 aromatic rings. The topological polar surface area (TPSA) is 53.1 Å². The zero-order valence-electron chi connectivity index (χ0n) is 21.6. The smallest absolute Gasteiger partial charge is 0.131 e. The molecule has 3 nitrogen and oxygen atoms in total. The Hall–Kier alpha value is -2.80. The van der Waals surface area contributed by atoms with Crippen LogP contribution in [0.3, 0.4) is 0 Å². The number of rotatable bonds is 11. The first-order valence-electron chi connectivity index (χ1n) is 11.9. The lowest BCUT2D eigenvalue weighted by atomic mass is 9.89. The van der Waals surface area contributed by atoms with Gasteiger partial charge in [-0.2, -0.15) is 0 Å². The predicted octanol–water partition coefficient (Wildman–Crippen LogP) is 7.32. The molecule has 0 aliphatic rings. The maximum absolute atomic E-state index is 14.9. The van der Waals surface area contributed by atoms with Crippen LogP contribution in [0.15, 0.2) is 53.8 Å². The van der Waals surface area contributed by atoms with Gasteiger partial charge in [0.2, 0.25) is 0 Å². The lowest BCUT2D eigenvalue weighted by Gasteiger charge is -2.35. The maximum atomic E-state index is 14.9. The molecular weight excluding hydrogens is 409 g/mol. The monoisotopic (exact) mass is 451 g/mol. The number of nitrogens with two attached hydrogens (primary N) is 1. The van der Waals surface area contributed by atoms with Crippen LogP contribution in [0, 0.1) is 28.5 Å². The van der Waals surface area contributed by atoms with E-state index in [2.05, 4.69) is 71.1 Å². The standard InChI is InChI=1S/C29H42FN3/c1-9-12-16-23(19-22(15-10-2)20-29(5,6)7)33(8)26(11-3)27(21(4)28(31)32)24-17-13-14-18-25(24)30/h13-14,17-18,20,23H,4,9,11-12,16,19H2,1-3,5-8H3,(H3,31,32)/b22-20+,27-26+. The van der Waals surface area contributed by atoms with Crippen molar-refractivity contribution in [2.75, 3.05) is 7.05 Å². The molecule has 0 amide bonds. The third-order valence-corrected chi connectivity index (χ3v) is 5.61. The van der Waals surface area contributed by atoms with Crippen LogP contribution in [-0.4, -0.2) is 23.8 Å². The molecule has 4 heteroatoms. The van der Waals surface area contributed by atoms with Gasteiger partial charge in [0.05, 0.1) is 0 Å². The summed E-state index contributed by atoms with van der Waals surface area (Å²) in [5.41, 5.74) is 9.29. The molecule has 0 heterocycles. The van der Waals surface area contributed by atoms with Gasteiger partial charge < -0.3 is 10.6 Å².